The Balaban J connectivity index is 1.53. The second-order valence-corrected chi connectivity index (χ2v) is 10.3. The molecule has 0 saturated heterocycles. The first kappa shape index (κ1) is 22.1. The number of phenols is 3. The molecule has 1 aromatic heterocycles. The van der Waals surface area contributed by atoms with Crippen LogP contribution in [-0.2, 0) is 10.0 Å². The molecule has 0 atom stereocenters. The second-order valence-electron chi connectivity index (χ2n) is 8.59. The lowest BCUT2D eigenvalue weighted by Gasteiger charge is -2.22. The number of phenolic OH excluding ortho intramolecular Hbond substituents is 3. The molecule has 1 aliphatic carbocycles. The van der Waals surface area contributed by atoms with Crippen LogP contribution in [0.3, 0.4) is 0 Å². The van der Waals surface area contributed by atoms with Crippen LogP contribution < -0.4 is 10.2 Å². The van der Waals surface area contributed by atoms with Gasteiger partial charge in [-0.1, -0.05) is 37.5 Å². The Bertz CT molecular complexity index is 1570. The molecule has 1 saturated carbocycles. The summed E-state index contributed by atoms with van der Waals surface area (Å²) >= 11 is 0. The van der Waals surface area contributed by atoms with Gasteiger partial charge in [-0.15, -0.1) is 0 Å². The van der Waals surface area contributed by atoms with Gasteiger partial charge in [-0.3, -0.25) is 9.52 Å². The molecular weight excluding hydrogens is 458 g/mol. The minimum absolute atomic E-state index is 0.00377. The number of aromatic hydroxyl groups is 3. The highest BCUT2D eigenvalue weighted by molar-refractivity contribution is 7.92. The fourth-order valence-electron chi connectivity index (χ4n) is 4.65. The molecule has 4 N–H and O–H groups in total. The molecule has 0 spiro atoms. The number of fused-ring (bicyclic) bond motifs is 2. The number of benzene rings is 3. The normalized spacial score (nSPS) is 15.1. The quantitative estimate of drug-likeness (QED) is 0.240. The van der Waals surface area contributed by atoms with Gasteiger partial charge < -0.3 is 19.7 Å². The molecule has 5 rings (SSSR count). The average molecular weight is 482 g/mol. The predicted octanol–water partition coefficient (Wildman–Crippen LogP) is 4.91. The van der Waals surface area contributed by atoms with Crippen LogP contribution in [0.2, 0.25) is 0 Å². The van der Waals surface area contributed by atoms with Crippen LogP contribution >= 0.6 is 0 Å². The maximum Gasteiger partial charge on any atom is 0.262 e. The molecule has 34 heavy (non-hydrogen) atoms. The van der Waals surface area contributed by atoms with Crippen molar-refractivity contribution in [3.8, 4) is 17.2 Å². The van der Waals surface area contributed by atoms with Crippen molar-refractivity contribution in [2.45, 2.75) is 42.9 Å². The van der Waals surface area contributed by atoms with Gasteiger partial charge in [0.25, 0.3) is 10.0 Å². The Morgan fingerprint density at radius 2 is 1.56 bits per heavy atom. The third kappa shape index (κ3) is 3.71. The number of hydrogen-bond acceptors (Lipinski definition) is 7. The Morgan fingerprint density at radius 3 is 2.26 bits per heavy atom. The zero-order valence-corrected chi connectivity index (χ0v) is 18.9. The highest BCUT2D eigenvalue weighted by Crippen LogP contribution is 2.41. The summed E-state index contributed by atoms with van der Waals surface area (Å²) in [6.45, 7) is 0. The van der Waals surface area contributed by atoms with Gasteiger partial charge in [-0.2, -0.15) is 0 Å². The molecule has 1 aliphatic rings. The van der Waals surface area contributed by atoms with Crippen LogP contribution in [0.15, 0.2) is 62.6 Å². The van der Waals surface area contributed by atoms with Crippen molar-refractivity contribution in [3.63, 3.8) is 0 Å². The van der Waals surface area contributed by atoms with Crippen molar-refractivity contribution in [1.82, 2.24) is 0 Å². The summed E-state index contributed by atoms with van der Waals surface area (Å²) in [5.74, 6) is -1.58. The minimum Gasteiger partial charge on any atom is -0.507 e. The van der Waals surface area contributed by atoms with E-state index in [1.165, 1.54) is 49.6 Å². The zero-order valence-electron chi connectivity index (χ0n) is 18.1. The van der Waals surface area contributed by atoms with Crippen LogP contribution in [0.4, 0.5) is 5.69 Å². The lowest BCUT2D eigenvalue weighted by atomic mass is 9.84. The minimum atomic E-state index is -4.11. The van der Waals surface area contributed by atoms with E-state index in [4.69, 9.17) is 4.42 Å². The topological polar surface area (TPSA) is 137 Å². The zero-order chi connectivity index (χ0) is 24.0. The smallest absolute Gasteiger partial charge is 0.262 e. The van der Waals surface area contributed by atoms with Gasteiger partial charge in [-0.25, -0.2) is 8.42 Å². The van der Waals surface area contributed by atoms with E-state index in [-0.39, 0.29) is 38.3 Å². The fourth-order valence-corrected chi connectivity index (χ4v) is 5.70. The summed E-state index contributed by atoms with van der Waals surface area (Å²) in [4.78, 5) is 12.8. The molecular formula is C25H23NO7S. The standard InChI is InChI=1S/C25H23NO7S/c27-18-7-4-8-19-21(18)24(29)22-20(33-19)13-17(23(28)25(22)30)26-34(31,32)16-11-9-15(10-12-16)14-5-2-1-3-6-14/h4,7-14,26-28,30H,1-3,5-6H2. The molecule has 176 valence electrons. The lowest BCUT2D eigenvalue weighted by Crippen LogP contribution is -2.14. The van der Waals surface area contributed by atoms with Crippen molar-refractivity contribution >= 4 is 37.6 Å². The maximum absolute atomic E-state index is 13.0. The summed E-state index contributed by atoms with van der Waals surface area (Å²) in [7, 11) is -4.11. The third-order valence-corrected chi connectivity index (χ3v) is 7.81. The van der Waals surface area contributed by atoms with E-state index in [2.05, 4.69) is 4.72 Å². The van der Waals surface area contributed by atoms with Crippen LogP contribution in [0, 0.1) is 0 Å². The molecule has 8 nitrogen and oxygen atoms in total. The van der Waals surface area contributed by atoms with Crippen molar-refractivity contribution in [2.24, 2.45) is 0 Å². The SMILES string of the molecule is O=c1c2c(O)cccc2oc2cc(NS(=O)(=O)c3ccc(C4CCCCC4)cc3)c(O)c(O)c12. The van der Waals surface area contributed by atoms with E-state index in [9.17, 15) is 28.5 Å². The fraction of sp³-hybridized carbons (Fsp3) is 0.240. The monoisotopic (exact) mass is 481 g/mol. The van der Waals surface area contributed by atoms with E-state index >= 15 is 0 Å². The van der Waals surface area contributed by atoms with Gasteiger partial charge in [0.15, 0.2) is 11.5 Å². The van der Waals surface area contributed by atoms with Gasteiger partial charge in [0, 0.05) is 6.07 Å². The Kier molecular flexibility index (Phi) is 5.36. The molecule has 3 aromatic carbocycles. The molecule has 0 unspecified atom stereocenters. The number of anilines is 1. The van der Waals surface area contributed by atoms with E-state index in [0.29, 0.717) is 5.92 Å². The highest BCUT2D eigenvalue weighted by atomic mass is 32.2. The molecule has 9 heteroatoms. The molecule has 0 radical (unpaired) electrons. The van der Waals surface area contributed by atoms with Crippen molar-refractivity contribution in [3.05, 3.63) is 64.3 Å². The van der Waals surface area contributed by atoms with E-state index in [1.807, 2.05) is 0 Å². The summed E-state index contributed by atoms with van der Waals surface area (Å²) in [6, 6.07) is 12.0. The van der Waals surface area contributed by atoms with Gasteiger partial charge in [0.05, 0.1) is 10.6 Å². The molecule has 1 heterocycles. The van der Waals surface area contributed by atoms with Gasteiger partial charge >= 0.3 is 0 Å². The Morgan fingerprint density at radius 1 is 0.853 bits per heavy atom. The molecule has 0 amide bonds. The lowest BCUT2D eigenvalue weighted by molar-refractivity contribution is 0.409. The Hall–Kier alpha value is -3.72. The third-order valence-electron chi connectivity index (χ3n) is 6.43. The number of rotatable bonds is 4. The summed E-state index contributed by atoms with van der Waals surface area (Å²) < 4.78 is 33.9. The van der Waals surface area contributed by atoms with E-state index in [1.54, 1.807) is 12.1 Å². The van der Waals surface area contributed by atoms with E-state index in [0.717, 1.165) is 24.5 Å². The predicted molar refractivity (Wildman–Crippen MR) is 128 cm³/mol. The summed E-state index contributed by atoms with van der Waals surface area (Å²) in [5, 5.41) is 30.4. The first-order valence-corrected chi connectivity index (χ1v) is 12.5. The largest absolute Gasteiger partial charge is 0.507 e. The van der Waals surface area contributed by atoms with Gasteiger partial charge in [0.2, 0.25) is 5.43 Å². The van der Waals surface area contributed by atoms with E-state index < -0.39 is 27.0 Å². The van der Waals surface area contributed by atoms with Gasteiger partial charge in [0.1, 0.15) is 27.7 Å². The average Bonchev–Trinajstić information content (AvgIpc) is 2.83. The van der Waals surface area contributed by atoms with Gasteiger partial charge in [-0.05, 0) is 48.6 Å². The molecule has 4 aromatic rings. The van der Waals surface area contributed by atoms with Crippen LogP contribution in [0.1, 0.15) is 43.6 Å². The first-order valence-electron chi connectivity index (χ1n) is 11.0. The maximum atomic E-state index is 13.0. The van der Waals surface area contributed by atoms with Crippen molar-refractivity contribution in [1.29, 1.82) is 0 Å². The van der Waals surface area contributed by atoms with Crippen molar-refractivity contribution < 1.29 is 28.2 Å². The summed E-state index contributed by atoms with van der Waals surface area (Å²) in [6.07, 6.45) is 5.74. The van der Waals surface area contributed by atoms with Crippen LogP contribution in [-0.4, -0.2) is 23.7 Å². The van der Waals surface area contributed by atoms with Crippen LogP contribution in [0.25, 0.3) is 21.9 Å². The van der Waals surface area contributed by atoms with Crippen LogP contribution in [0.5, 0.6) is 17.2 Å². The number of hydrogen-bond donors (Lipinski definition) is 4. The van der Waals surface area contributed by atoms with Crippen molar-refractivity contribution in [2.75, 3.05) is 4.72 Å². The Labute approximate surface area is 195 Å². The summed E-state index contributed by atoms with van der Waals surface area (Å²) in [5.41, 5.74) is -0.0981. The first-order chi connectivity index (χ1) is 16.3. The second kappa shape index (κ2) is 8.25. The number of sulfonamides is 1. The molecule has 0 bridgehead atoms. The highest BCUT2D eigenvalue weighted by Gasteiger charge is 2.24. The molecule has 0 aliphatic heterocycles. The number of nitrogens with one attached hydrogen (secondary N) is 1. The molecule has 1 fully saturated rings.